The second-order valence-corrected chi connectivity index (χ2v) is 10.0. The zero-order valence-electron chi connectivity index (χ0n) is 13.0. The largest absolute Gasteiger partial charge is 0.518 e. The molecule has 0 aromatic carbocycles. The van der Waals surface area contributed by atoms with Crippen molar-refractivity contribution in [2.75, 3.05) is 0 Å². The van der Waals surface area contributed by atoms with Gasteiger partial charge in [0.05, 0.1) is 0 Å². The van der Waals surface area contributed by atoms with Gasteiger partial charge in [0.2, 0.25) is 8.32 Å². The number of rotatable bonds is 5. The van der Waals surface area contributed by atoms with Gasteiger partial charge in [0.25, 0.3) is 0 Å². The van der Waals surface area contributed by atoms with E-state index in [1.165, 1.54) is 25.0 Å². The predicted molar refractivity (Wildman–Crippen MR) is 69.0 cm³/mol. The van der Waals surface area contributed by atoms with Crippen molar-refractivity contribution in [2.24, 2.45) is 0 Å². The third-order valence-corrected chi connectivity index (χ3v) is 3.01. The molecule has 0 aliphatic heterocycles. The number of nitrogens with one attached hydrogen (secondary N) is 1. The third-order valence-electron chi connectivity index (χ3n) is 2.20. The quantitative estimate of drug-likeness (QED) is 0.446. The van der Waals surface area contributed by atoms with Crippen LogP contribution >= 0.6 is 0 Å². The summed E-state index contributed by atoms with van der Waals surface area (Å²) in [4.78, 5) is 33.5. The molecule has 0 bridgehead atoms. The molecule has 140 valence electrons. The highest BCUT2D eigenvalue weighted by Gasteiger charge is 2.46. The van der Waals surface area contributed by atoms with Crippen molar-refractivity contribution in [3.8, 4) is 0 Å². The molecular formula is C11H15F6NO5Si. The fraction of sp³-hybridized carbons (Fsp3) is 0.727. The van der Waals surface area contributed by atoms with E-state index in [0.717, 1.165) is 6.92 Å². The fourth-order valence-corrected chi connectivity index (χ4v) is 1.99. The molecule has 0 aromatic rings. The summed E-state index contributed by atoms with van der Waals surface area (Å²) in [5.74, 6) is -6.74. The van der Waals surface area contributed by atoms with Gasteiger partial charge in [0, 0.05) is 0 Å². The first-order chi connectivity index (χ1) is 10.4. The fourth-order valence-electron chi connectivity index (χ4n) is 1.26. The molecule has 1 unspecified atom stereocenters. The summed E-state index contributed by atoms with van der Waals surface area (Å²) in [6, 6.07) is -2.25. The Bertz CT molecular complexity index is 499. The van der Waals surface area contributed by atoms with Crippen molar-refractivity contribution >= 4 is 26.2 Å². The van der Waals surface area contributed by atoms with Crippen molar-refractivity contribution in [1.29, 1.82) is 0 Å². The zero-order valence-corrected chi connectivity index (χ0v) is 14.0. The van der Waals surface area contributed by atoms with Gasteiger partial charge in [0.1, 0.15) is 6.10 Å². The molecule has 6 nitrogen and oxygen atoms in total. The molecule has 0 fully saturated rings. The summed E-state index contributed by atoms with van der Waals surface area (Å²) in [6.45, 7) is 5.14. The molecule has 0 spiro atoms. The average molecular weight is 383 g/mol. The first-order valence-electron chi connectivity index (χ1n) is 6.33. The van der Waals surface area contributed by atoms with Gasteiger partial charge < -0.3 is 14.5 Å². The van der Waals surface area contributed by atoms with Crippen LogP contribution in [0.1, 0.15) is 6.92 Å². The lowest BCUT2D eigenvalue weighted by atomic mass is 10.2. The maximum atomic E-state index is 12.3. The van der Waals surface area contributed by atoms with E-state index in [9.17, 15) is 40.7 Å². The topological polar surface area (TPSA) is 81.7 Å². The average Bonchev–Trinajstić information content (AvgIpc) is 2.30. The number of carbonyl (C=O) groups excluding carboxylic acids is 3. The molecule has 1 amide bonds. The first-order valence-corrected chi connectivity index (χ1v) is 9.74. The second kappa shape index (κ2) is 7.40. The molecule has 0 saturated heterocycles. The summed E-state index contributed by atoms with van der Waals surface area (Å²) in [5, 5.41) is 1.18. The van der Waals surface area contributed by atoms with Crippen LogP contribution < -0.4 is 5.32 Å². The van der Waals surface area contributed by atoms with E-state index < -0.39 is 50.7 Å². The number of ether oxygens (including phenoxy) is 1. The minimum Gasteiger partial charge on any atom is -0.518 e. The molecule has 24 heavy (non-hydrogen) atoms. The van der Waals surface area contributed by atoms with Crippen LogP contribution in [0.3, 0.4) is 0 Å². The van der Waals surface area contributed by atoms with Crippen LogP contribution in [0.25, 0.3) is 0 Å². The lowest BCUT2D eigenvalue weighted by molar-refractivity contribution is -0.206. The van der Waals surface area contributed by atoms with Gasteiger partial charge >= 0.3 is 30.2 Å². The van der Waals surface area contributed by atoms with Gasteiger partial charge in [0.15, 0.2) is 6.04 Å². The number of carbonyl (C=O) groups is 3. The van der Waals surface area contributed by atoms with Crippen LogP contribution in [0.5, 0.6) is 0 Å². The second-order valence-electron chi connectivity index (χ2n) is 5.59. The Morgan fingerprint density at radius 1 is 0.958 bits per heavy atom. The Morgan fingerprint density at radius 2 is 1.42 bits per heavy atom. The van der Waals surface area contributed by atoms with Gasteiger partial charge in [-0.15, -0.1) is 0 Å². The van der Waals surface area contributed by atoms with Crippen molar-refractivity contribution in [3.05, 3.63) is 0 Å². The number of hydrogen-bond acceptors (Lipinski definition) is 5. The van der Waals surface area contributed by atoms with E-state index in [1.54, 1.807) is 0 Å². The monoisotopic (exact) mass is 383 g/mol. The number of hydrogen-bond donors (Lipinski definition) is 1. The minimum absolute atomic E-state index is 0.719. The van der Waals surface area contributed by atoms with E-state index in [2.05, 4.69) is 4.74 Å². The van der Waals surface area contributed by atoms with Crippen LogP contribution in [0.4, 0.5) is 26.3 Å². The molecule has 0 aromatic heterocycles. The summed E-state index contributed by atoms with van der Waals surface area (Å²) in [7, 11) is -2.65. The number of amides is 1. The molecule has 0 saturated carbocycles. The highest BCUT2D eigenvalue weighted by atomic mass is 28.4. The summed E-state index contributed by atoms with van der Waals surface area (Å²) < 4.78 is 82.0. The molecule has 0 radical (unpaired) electrons. The smallest absolute Gasteiger partial charge is 0.490 e. The van der Waals surface area contributed by atoms with Gasteiger partial charge in [-0.2, -0.15) is 26.3 Å². The van der Waals surface area contributed by atoms with Crippen molar-refractivity contribution in [3.63, 3.8) is 0 Å². The lowest BCUT2D eigenvalue weighted by Gasteiger charge is -2.27. The van der Waals surface area contributed by atoms with Gasteiger partial charge in [-0.3, -0.25) is 9.59 Å². The van der Waals surface area contributed by atoms with Gasteiger partial charge in [-0.1, -0.05) is 0 Å². The van der Waals surface area contributed by atoms with E-state index in [0.29, 0.717) is 0 Å². The Morgan fingerprint density at radius 3 is 1.75 bits per heavy atom. The standard InChI is InChI=1S/C11H15F6NO5Si/c1-5(22-9(21)11(15,16)17)6(7(19)23-24(2,3)4)18-8(20)10(12,13)14/h5-6H,1-4H3,(H,18,20)/t5?,6-/m0/s1. The zero-order chi connectivity index (χ0) is 19.5. The van der Waals surface area contributed by atoms with Crippen molar-refractivity contribution in [2.45, 2.75) is 51.1 Å². The van der Waals surface area contributed by atoms with Crippen LogP contribution in [-0.4, -0.2) is 50.7 Å². The molecule has 1 N–H and O–H groups in total. The van der Waals surface area contributed by atoms with E-state index in [4.69, 9.17) is 4.43 Å². The minimum atomic E-state index is -5.42. The molecule has 0 heterocycles. The maximum absolute atomic E-state index is 12.3. The number of alkyl halides is 6. The SMILES string of the molecule is CC(OC(=O)C(F)(F)F)[C@H](NC(=O)C(F)(F)F)C(=O)O[Si](C)(C)C. The lowest BCUT2D eigenvalue weighted by Crippen LogP contribution is -2.55. The van der Waals surface area contributed by atoms with Gasteiger partial charge in [-0.05, 0) is 26.6 Å². The van der Waals surface area contributed by atoms with Crippen molar-refractivity contribution < 1.29 is 49.9 Å². The van der Waals surface area contributed by atoms with Crippen LogP contribution in [0, 0.1) is 0 Å². The van der Waals surface area contributed by atoms with Crippen LogP contribution in [0.15, 0.2) is 0 Å². The Hall–Kier alpha value is -1.79. The predicted octanol–water partition coefficient (Wildman–Crippen LogP) is 1.91. The molecule has 13 heteroatoms. The molecule has 0 rings (SSSR count). The molecular weight excluding hydrogens is 368 g/mol. The summed E-state index contributed by atoms with van der Waals surface area (Å²) >= 11 is 0. The van der Waals surface area contributed by atoms with E-state index in [-0.39, 0.29) is 0 Å². The maximum Gasteiger partial charge on any atom is 0.490 e. The number of halogens is 6. The Kier molecular flexibility index (Phi) is 6.85. The molecule has 0 aliphatic carbocycles. The Labute approximate surface area is 133 Å². The highest BCUT2D eigenvalue weighted by molar-refractivity contribution is 6.71. The van der Waals surface area contributed by atoms with E-state index >= 15 is 0 Å². The summed E-state index contributed by atoms with van der Waals surface area (Å²) in [5.41, 5.74) is 0. The van der Waals surface area contributed by atoms with Crippen LogP contribution in [0.2, 0.25) is 19.6 Å². The first kappa shape index (κ1) is 22.2. The van der Waals surface area contributed by atoms with E-state index in [1.807, 2.05) is 0 Å². The normalized spacial score (nSPS) is 15.2. The molecule has 2 atom stereocenters. The third kappa shape index (κ3) is 7.65. The van der Waals surface area contributed by atoms with Crippen molar-refractivity contribution in [1.82, 2.24) is 5.32 Å². The molecule has 0 aliphatic rings. The number of esters is 1. The van der Waals surface area contributed by atoms with Crippen LogP contribution in [-0.2, 0) is 23.5 Å². The summed E-state index contributed by atoms with van der Waals surface area (Å²) in [6.07, 6.45) is -12.9. The highest BCUT2D eigenvalue weighted by Crippen LogP contribution is 2.20. The van der Waals surface area contributed by atoms with Gasteiger partial charge in [-0.25, -0.2) is 4.79 Å². The Balaban J connectivity index is 5.35.